The van der Waals surface area contributed by atoms with Gasteiger partial charge in [-0.1, -0.05) is 34.1 Å². The summed E-state index contributed by atoms with van der Waals surface area (Å²) in [4.78, 5) is 22.9. The van der Waals surface area contributed by atoms with Crippen LogP contribution in [-0.4, -0.2) is 33.7 Å². The average molecular weight is 469 g/mol. The number of nitrogens with one attached hydrogen (secondary N) is 2. The van der Waals surface area contributed by atoms with Gasteiger partial charge in [-0.05, 0) is 35.9 Å². The fourth-order valence-electron chi connectivity index (χ4n) is 3.11. The zero-order valence-electron chi connectivity index (χ0n) is 15.8. The van der Waals surface area contributed by atoms with Crippen molar-refractivity contribution in [2.75, 3.05) is 11.9 Å². The maximum Gasteiger partial charge on any atom is 0.338 e. The highest BCUT2D eigenvalue weighted by atomic mass is 79.9. The number of hydrogen-bond acceptors (Lipinski definition) is 5. The van der Waals surface area contributed by atoms with Gasteiger partial charge < -0.3 is 10.2 Å². The summed E-state index contributed by atoms with van der Waals surface area (Å²) in [5.41, 5.74) is 5.89. The summed E-state index contributed by atoms with van der Waals surface area (Å²) >= 11 is 3.46. The third-order valence-electron chi connectivity index (χ3n) is 4.62. The molecule has 30 heavy (non-hydrogen) atoms. The van der Waals surface area contributed by atoms with Crippen molar-refractivity contribution in [3.63, 3.8) is 0 Å². The summed E-state index contributed by atoms with van der Waals surface area (Å²) in [6.07, 6.45) is 3.63. The van der Waals surface area contributed by atoms with Crippen molar-refractivity contribution in [3.8, 4) is 0 Å². The van der Waals surface area contributed by atoms with E-state index in [0.29, 0.717) is 30.9 Å². The van der Waals surface area contributed by atoms with Crippen LogP contribution < -0.4 is 10.7 Å². The van der Waals surface area contributed by atoms with Crippen LogP contribution in [0.15, 0.2) is 64.4 Å². The lowest BCUT2D eigenvalue weighted by atomic mass is 10.1. The van der Waals surface area contributed by atoms with Crippen molar-refractivity contribution in [3.05, 3.63) is 82.0 Å². The second kappa shape index (κ2) is 9.00. The topological polar surface area (TPSA) is 82.5 Å². The predicted molar refractivity (Wildman–Crippen MR) is 116 cm³/mol. The SMILES string of the molecule is O=C(N/N=C/c1ccc(F)cc1)N1CCc2ncnc(Nc3cccc(Br)c3)c2C1. The van der Waals surface area contributed by atoms with E-state index in [0.717, 1.165) is 21.4 Å². The molecule has 0 radical (unpaired) electrons. The number of hydrogen-bond donors (Lipinski definition) is 2. The Morgan fingerprint density at radius 1 is 1.20 bits per heavy atom. The van der Waals surface area contributed by atoms with Crippen LogP contribution >= 0.6 is 15.9 Å². The molecule has 0 spiro atoms. The van der Waals surface area contributed by atoms with Gasteiger partial charge in [-0.15, -0.1) is 0 Å². The lowest BCUT2D eigenvalue weighted by Crippen LogP contribution is -2.41. The van der Waals surface area contributed by atoms with Gasteiger partial charge >= 0.3 is 6.03 Å². The smallest absolute Gasteiger partial charge is 0.338 e. The van der Waals surface area contributed by atoms with Crippen LogP contribution in [0, 0.1) is 5.82 Å². The highest BCUT2D eigenvalue weighted by Gasteiger charge is 2.24. The molecule has 1 aromatic heterocycles. The molecule has 2 heterocycles. The number of rotatable bonds is 4. The van der Waals surface area contributed by atoms with E-state index in [2.05, 4.69) is 41.7 Å². The van der Waals surface area contributed by atoms with Gasteiger partial charge in [0.1, 0.15) is 18.0 Å². The van der Waals surface area contributed by atoms with Gasteiger partial charge in [-0.2, -0.15) is 5.10 Å². The number of benzene rings is 2. The predicted octanol–water partition coefficient (Wildman–Crippen LogP) is 4.22. The first kappa shape index (κ1) is 20.0. The Morgan fingerprint density at radius 3 is 2.83 bits per heavy atom. The van der Waals surface area contributed by atoms with Crippen molar-refractivity contribution in [1.29, 1.82) is 0 Å². The number of halogens is 2. The van der Waals surface area contributed by atoms with E-state index < -0.39 is 0 Å². The fraction of sp³-hybridized carbons (Fsp3) is 0.143. The average Bonchev–Trinajstić information content (AvgIpc) is 2.75. The number of nitrogens with zero attached hydrogens (tertiary/aromatic N) is 4. The highest BCUT2D eigenvalue weighted by molar-refractivity contribution is 9.10. The maximum atomic E-state index is 13.0. The molecule has 0 saturated heterocycles. The monoisotopic (exact) mass is 468 g/mol. The van der Waals surface area contributed by atoms with Crippen LogP contribution in [0.5, 0.6) is 0 Å². The molecule has 2 aromatic carbocycles. The van der Waals surface area contributed by atoms with Crippen LogP contribution in [0.25, 0.3) is 0 Å². The first-order valence-corrected chi connectivity index (χ1v) is 10.1. The van der Waals surface area contributed by atoms with Gasteiger partial charge in [0.05, 0.1) is 18.5 Å². The number of carbonyl (C=O) groups excluding carboxylic acids is 1. The molecule has 0 fully saturated rings. The zero-order valence-corrected chi connectivity index (χ0v) is 17.4. The van der Waals surface area contributed by atoms with Crippen LogP contribution in [-0.2, 0) is 13.0 Å². The third kappa shape index (κ3) is 4.80. The minimum atomic E-state index is -0.323. The maximum absolute atomic E-state index is 13.0. The molecular weight excluding hydrogens is 451 g/mol. The minimum absolute atomic E-state index is 0.322. The normalized spacial score (nSPS) is 13.2. The quantitative estimate of drug-likeness (QED) is 0.443. The summed E-state index contributed by atoms with van der Waals surface area (Å²) in [5.74, 6) is 0.350. The van der Waals surface area contributed by atoms with E-state index in [9.17, 15) is 9.18 Å². The zero-order chi connectivity index (χ0) is 20.9. The van der Waals surface area contributed by atoms with E-state index >= 15 is 0 Å². The minimum Gasteiger partial charge on any atom is -0.340 e. The second-order valence-corrected chi connectivity index (χ2v) is 7.60. The number of aromatic nitrogens is 2. The van der Waals surface area contributed by atoms with Crippen LogP contribution in [0.4, 0.5) is 20.7 Å². The molecular formula is C21H18BrFN6O. The Bertz CT molecular complexity index is 1090. The summed E-state index contributed by atoms with van der Waals surface area (Å²) in [6.45, 7) is 0.892. The molecule has 3 aromatic rings. The molecule has 152 valence electrons. The molecule has 9 heteroatoms. The van der Waals surface area contributed by atoms with Gasteiger partial charge in [0.15, 0.2) is 0 Å². The summed E-state index contributed by atoms with van der Waals surface area (Å²) in [5, 5.41) is 7.26. The number of urea groups is 1. The van der Waals surface area contributed by atoms with Crippen LogP contribution in [0.2, 0.25) is 0 Å². The van der Waals surface area contributed by atoms with Gasteiger partial charge in [-0.3, -0.25) is 0 Å². The molecule has 7 nitrogen and oxygen atoms in total. The van der Waals surface area contributed by atoms with Crippen molar-refractivity contribution in [2.24, 2.45) is 5.10 Å². The van der Waals surface area contributed by atoms with Gasteiger partial charge in [0.2, 0.25) is 0 Å². The van der Waals surface area contributed by atoms with Gasteiger partial charge in [0, 0.05) is 28.7 Å². The third-order valence-corrected chi connectivity index (χ3v) is 5.11. The number of fused-ring (bicyclic) bond motifs is 1. The van der Waals surface area contributed by atoms with E-state index in [1.54, 1.807) is 17.0 Å². The van der Waals surface area contributed by atoms with Crippen molar-refractivity contribution < 1.29 is 9.18 Å². The molecule has 0 bridgehead atoms. The second-order valence-electron chi connectivity index (χ2n) is 6.68. The molecule has 2 N–H and O–H groups in total. The van der Waals surface area contributed by atoms with Crippen LogP contribution in [0.1, 0.15) is 16.8 Å². The molecule has 0 atom stereocenters. The van der Waals surface area contributed by atoms with E-state index in [1.165, 1.54) is 24.7 Å². The summed E-state index contributed by atoms with van der Waals surface area (Å²) < 4.78 is 13.9. The lowest BCUT2D eigenvalue weighted by Gasteiger charge is -2.28. The van der Waals surface area contributed by atoms with Crippen molar-refractivity contribution in [1.82, 2.24) is 20.3 Å². The lowest BCUT2D eigenvalue weighted by molar-refractivity contribution is 0.192. The Hall–Kier alpha value is -3.33. The Kier molecular flexibility index (Phi) is 5.99. The molecule has 2 amide bonds. The Morgan fingerprint density at radius 2 is 2.03 bits per heavy atom. The molecule has 0 saturated carbocycles. The summed E-state index contributed by atoms with van der Waals surface area (Å²) in [6, 6.07) is 13.3. The molecule has 0 unspecified atom stereocenters. The Labute approximate surface area is 181 Å². The van der Waals surface area contributed by atoms with Crippen LogP contribution in [0.3, 0.4) is 0 Å². The first-order valence-electron chi connectivity index (χ1n) is 9.27. The summed E-state index contributed by atoms with van der Waals surface area (Å²) in [7, 11) is 0. The fourth-order valence-corrected chi connectivity index (χ4v) is 3.51. The van der Waals surface area contributed by atoms with E-state index in [-0.39, 0.29) is 11.8 Å². The number of hydrazone groups is 1. The number of carbonyl (C=O) groups is 1. The molecule has 4 rings (SSSR count). The molecule has 0 aliphatic carbocycles. The molecule has 1 aliphatic heterocycles. The first-order chi connectivity index (χ1) is 14.6. The Balaban J connectivity index is 1.44. The number of anilines is 2. The highest BCUT2D eigenvalue weighted by Crippen LogP contribution is 2.26. The largest absolute Gasteiger partial charge is 0.340 e. The van der Waals surface area contributed by atoms with Crippen molar-refractivity contribution >= 4 is 39.7 Å². The molecule has 1 aliphatic rings. The number of amides is 2. The standard InChI is InChI=1S/C21H18BrFN6O/c22-15-2-1-3-17(10-15)27-20-18-12-29(9-8-19(18)24-13-25-20)21(30)28-26-11-14-4-6-16(23)7-5-14/h1-7,10-11,13H,8-9,12H2,(H,28,30)(H,24,25,27)/b26-11+. The van der Waals surface area contributed by atoms with E-state index in [4.69, 9.17) is 0 Å². The van der Waals surface area contributed by atoms with Gasteiger partial charge in [-0.25, -0.2) is 24.6 Å². The van der Waals surface area contributed by atoms with Crippen molar-refractivity contribution in [2.45, 2.75) is 13.0 Å². The van der Waals surface area contributed by atoms with Gasteiger partial charge in [0.25, 0.3) is 0 Å². The van der Waals surface area contributed by atoms with E-state index in [1.807, 2.05) is 24.3 Å².